The van der Waals surface area contributed by atoms with Crippen LogP contribution in [0, 0.1) is 15.9 Å². The summed E-state index contributed by atoms with van der Waals surface area (Å²) in [5.74, 6) is -0.421. The number of benzene rings is 2. The maximum Gasteiger partial charge on any atom is 0.318 e. The van der Waals surface area contributed by atoms with Crippen molar-refractivity contribution in [2.24, 2.45) is 0 Å². The number of nitrogens with zero attached hydrogens (tertiary/aromatic N) is 2. The van der Waals surface area contributed by atoms with E-state index < -0.39 is 10.7 Å². The summed E-state index contributed by atoms with van der Waals surface area (Å²) < 4.78 is 13.0. The molecule has 0 spiro atoms. The molecule has 104 valence electrons. The quantitative estimate of drug-likeness (QED) is 0.576. The molecule has 2 N–H and O–H groups in total. The third-order valence-electron chi connectivity index (χ3n) is 3.21. The Morgan fingerprint density at radius 2 is 1.76 bits per heavy atom. The van der Waals surface area contributed by atoms with E-state index >= 15 is 0 Å². The normalized spacial score (nSPS) is 10.7. The molecule has 0 amide bonds. The van der Waals surface area contributed by atoms with E-state index in [9.17, 15) is 14.5 Å². The predicted molar refractivity (Wildman–Crippen MR) is 78.2 cm³/mol. The number of halogens is 1. The smallest absolute Gasteiger partial charge is 0.318 e. The molecule has 0 radical (unpaired) electrons. The van der Waals surface area contributed by atoms with Gasteiger partial charge in [-0.05, 0) is 30.3 Å². The van der Waals surface area contributed by atoms with Crippen molar-refractivity contribution in [2.45, 2.75) is 0 Å². The number of para-hydroxylation sites is 1. The Morgan fingerprint density at radius 3 is 2.43 bits per heavy atom. The Hall–Kier alpha value is -3.02. The fourth-order valence-corrected chi connectivity index (χ4v) is 2.22. The van der Waals surface area contributed by atoms with E-state index in [1.807, 2.05) is 0 Å². The molecule has 0 saturated heterocycles. The van der Waals surface area contributed by atoms with Crippen molar-refractivity contribution in [1.29, 1.82) is 0 Å². The number of hydrogen-bond donors (Lipinski definition) is 1. The fourth-order valence-electron chi connectivity index (χ4n) is 2.22. The van der Waals surface area contributed by atoms with Crippen molar-refractivity contribution in [2.75, 3.05) is 5.73 Å². The van der Waals surface area contributed by atoms with Crippen molar-refractivity contribution < 1.29 is 9.31 Å². The van der Waals surface area contributed by atoms with Gasteiger partial charge in [0.2, 0.25) is 0 Å². The first-order chi connectivity index (χ1) is 10.1. The molecule has 5 nitrogen and oxygen atoms in total. The van der Waals surface area contributed by atoms with Gasteiger partial charge >= 0.3 is 5.69 Å². The largest absolute Gasteiger partial charge is 0.393 e. The van der Waals surface area contributed by atoms with E-state index in [1.165, 1.54) is 24.3 Å². The maximum atomic E-state index is 13.0. The lowest BCUT2D eigenvalue weighted by Gasteiger charge is -2.08. The Morgan fingerprint density at radius 1 is 1.10 bits per heavy atom. The van der Waals surface area contributed by atoms with Crippen LogP contribution < -0.4 is 5.73 Å². The zero-order valence-electron chi connectivity index (χ0n) is 10.8. The van der Waals surface area contributed by atoms with Crippen molar-refractivity contribution in [1.82, 2.24) is 4.98 Å². The van der Waals surface area contributed by atoms with Crippen molar-refractivity contribution in [3.63, 3.8) is 0 Å². The summed E-state index contributed by atoms with van der Waals surface area (Å²) in [5.41, 5.74) is 6.86. The molecule has 3 aromatic rings. The second kappa shape index (κ2) is 4.82. The third kappa shape index (κ3) is 2.16. The molecule has 0 saturated carbocycles. The first-order valence-electron chi connectivity index (χ1n) is 6.16. The molecular formula is C15H10FN3O2. The number of anilines is 1. The molecule has 0 atom stereocenters. The highest BCUT2D eigenvalue weighted by Crippen LogP contribution is 2.37. The number of hydrogen-bond acceptors (Lipinski definition) is 4. The van der Waals surface area contributed by atoms with Crippen molar-refractivity contribution >= 4 is 22.3 Å². The van der Waals surface area contributed by atoms with Gasteiger partial charge in [-0.15, -0.1) is 0 Å². The molecule has 0 unspecified atom stereocenters. The Bertz CT molecular complexity index is 847. The number of nitrogen functional groups attached to an aromatic ring is 1. The van der Waals surface area contributed by atoms with Crippen LogP contribution in [0.1, 0.15) is 0 Å². The summed E-state index contributed by atoms with van der Waals surface area (Å²) in [4.78, 5) is 15.1. The Balaban J connectivity index is 2.37. The van der Waals surface area contributed by atoms with Crippen molar-refractivity contribution in [3.05, 3.63) is 64.5 Å². The third-order valence-corrected chi connectivity index (χ3v) is 3.21. The van der Waals surface area contributed by atoms with Gasteiger partial charge in [0.15, 0.2) is 5.69 Å². The van der Waals surface area contributed by atoms with Gasteiger partial charge < -0.3 is 5.73 Å². The highest BCUT2D eigenvalue weighted by atomic mass is 19.1. The molecule has 3 rings (SSSR count). The van der Waals surface area contributed by atoms with Crippen LogP contribution in [0.3, 0.4) is 0 Å². The van der Waals surface area contributed by atoms with Gasteiger partial charge in [-0.3, -0.25) is 10.1 Å². The van der Waals surface area contributed by atoms with Gasteiger partial charge in [0, 0.05) is 10.9 Å². The van der Waals surface area contributed by atoms with Gasteiger partial charge in [-0.1, -0.05) is 18.2 Å². The van der Waals surface area contributed by atoms with E-state index in [1.54, 1.807) is 24.3 Å². The monoisotopic (exact) mass is 283 g/mol. The van der Waals surface area contributed by atoms with E-state index in [2.05, 4.69) is 4.98 Å². The summed E-state index contributed by atoms with van der Waals surface area (Å²) in [5, 5.41) is 11.9. The number of fused-ring (bicyclic) bond motifs is 1. The molecule has 1 heterocycles. The number of pyridine rings is 1. The molecule has 0 bridgehead atoms. The van der Waals surface area contributed by atoms with Crippen molar-refractivity contribution in [3.8, 4) is 11.3 Å². The average molecular weight is 283 g/mol. The van der Waals surface area contributed by atoms with E-state index in [4.69, 9.17) is 5.73 Å². The van der Waals surface area contributed by atoms with Crippen LogP contribution in [-0.4, -0.2) is 9.91 Å². The lowest BCUT2D eigenvalue weighted by atomic mass is 10.1. The second-order valence-electron chi connectivity index (χ2n) is 4.50. The van der Waals surface area contributed by atoms with Gasteiger partial charge in [0.05, 0.1) is 10.4 Å². The highest BCUT2D eigenvalue weighted by molar-refractivity contribution is 5.99. The number of aromatic nitrogens is 1. The minimum atomic E-state index is -0.562. The molecular weight excluding hydrogens is 273 g/mol. The first-order valence-corrected chi connectivity index (χ1v) is 6.16. The SMILES string of the molecule is Nc1c([N+](=O)[O-])c(-c2ccc(F)cc2)nc2ccccc12. The van der Waals surface area contributed by atoms with Crippen LogP contribution in [-0.2, 0) is 0 Å². The summed E-state index contributed by atoms with van der Waals surface area (Å²) in [6.45, 7) is 0. The van der Waals surface area contributed by atoms with Crippen LogP contribution >= 0.6 is 0 Å². The second-order valence-corrected chi connectivity index (χ2v) is 4.50. The Kier molecular flexibility index (Phi) is 2.98. The van der Waals surface area contributed by atoms with Crippen LogP contribution in [0.5, 0.6) is 0 Å². The van der Waals surface area contributed by atoms with E-state index in [-0.39, 0.29) is 17.1 Å². The molecule has 0 fully saturated rings. The number of nitro groups is 1. The summed E-state index contributed by atoms with van der Waals surface area (Å²) >= 11 is 0. The zero-order valence-corrected chi connectivity index (χ0v) is 10.8. The van der Waals surface area contributed by atoms with Gasteiger partial charge in [-0.2, -0.15) is 0 Å². The predicted octanol–water partition coefficient (Wildman–Crippen LogP) is 3.53. The molecule has 21 heavy (non-hydrogen) atoms. The molecule has 0 aliphatic rings. The topological polar surface area (TPSA) is 82.0 Å². The molecule has 0 aliphatic heterocycles. The molecule has 0 aliphatic carbocycles. The minimum Gasteiger partial charge on any atom is -0.393 e. The van der Waals surface area contributed by atoms with Crippen LogP contribution in [0.2, 0.25) is 0 Å². The number of nitrogens with two attached hydrogens (primary N) is 1. The highest BCUT2D eigenvalue weighted by Gasteiger charge is 2.23. The summed E-state index contributed by atoms with van der Waals surface area (Å²) in [7, 11) is 0. The minimum absolute atomic E-state index is 0.0601. The van der Waals surface area contributed by atoms with Gasteiger partial charge in [-0.25, -0.2) is 9.37 Å². The van der Waals surface area contributed by atoms with Gasteiger partial charge in [0.1, 0.15) is 11.5 Å². The van der Waals surface area contributed by atoms with Gasteiger partial charge in [0.25, 0.3) is 0 Å². The van der Waals surface area contributed by atoms with Crippen LogP contribution in [0.15, 0.2) is 48.5 Å². The summed E-state index contributed by atoms with van der Waals surface area (Å²) in [6, 6.07) is 12.3. The lowest BCUT2D eigenvalue weighted by Crippen LogP contribution is -2.02. The molecule has 2 aromatic carbocycles. The molecule has 6 heteroatoms. The van der Waals surface area contributed by atoms with Crippen LogP contribution in [0.4, 0.5) is 15.8 Å². The van der Waals surface area contributed by atoms with Crippen LogP contribution in [0.25, 0.3) is 22.2 Å². The zero-order chi connectivity index (χ0) is 15.0. The standard InChI is InChI=1S/C15H10FN3O2/c16-10-7-5-9(6-8-10)14-15(19(20)21)13(17)11-3-1-2-4-12(11)18-14/h1-8H,(H2,17,18). The average Bonchev–Trinajstić information content (AvgIpc) is 2.47. The fraction of sp³-hybridized carbons (Fsp3) is 0. The van der Waals surface area contributed by atoms with E-state index in [0.29, 0.717) is 16.5 Å². The molecule has 1 aromatic heterocycles. The summed E-state index contributed by atoms with van der Waals surface area (Å²) in [6.07, 6.45) is 0. The first kappa shape index (κ1) is 13.0. The lowest BCUT2D eigenvalue weighted by molar-refractivity contribution is -0.383. The van der Waals surface area contributed by atoms with E-state index in [0.717, 1.165) is 0 Å². The number of rotatable bonds is 2. The Labute approximate surface area is 119 Å². The maximum absolute atomic E-state index is 13.0.